The van der Waals surface area contributed by atoms with Gasteiger partial charge in [-0.25, -0.2) is 0 Å². The number of aromatic nitrogens is 1. The zero-order valence-electron chi connectivity index (χ0n) is 17.6. The van der Waals surface area contributed by atoms with Crippen LogP contribution in [0, 0.1) is 0 Å². The molecule has 0 atom stereocenters. The number of nitrogens with zero attached hydrogens (tertiary/aromatic N) is 1. The van der Waals surface area contributed by atoms with Gasteiger partial charge in [-0.3, -0.25) is 0 Å². The Kier molecular flexibility index (Phi) is 4.71. The summed E-state index contributed by atoms with van der Waals surface area (Å²) in [5, 5.41) is 6.81. The van der Waals surface area contributed by atoms with Gasteiger partial charge in [-0.2, -0.15) is 0 Å². The molecule has 32 heavy (non-hydrogen) atoms. The maximum Gasteiger partial charge on any atom is 0.154 e. The fraction of sp³-hybridized carbons (Fsp3) is 0. The summed E-state index contributed by atoms with van der Waals surface area (Å²) in [6, 6.07) is 48.4. The van der Waals surface area contributed by atoms with Gasteiger partial charge in [0.1, 0.15) is 0 Å². The highest BCUT2D eigenvalue weighted by molar-refractivity contribution is 6.95. The van der Waals surface area contributed by atoms with Crippen molar-refractivity contribution in [1.82, 2.24) is 4.57 Å². The maximum absolute atomic E-state index is 2.38. The Hall–Kier alpha value is -3.88. The summed E-state index contributed by atoms with van der Waals surface area (Å²) in [4.78, 5) is 0. The van der Waals surface area contributed by atoms with Crippen LogP contribution in [0.25, 0.3) is 27.5 Å². The van der Waals surface area contributed by atoms with E-state index in [9.17, 15) is 0 Å². The molecule has 0 bridgehead atoms. The zero-order valence-corrected chi connectivity index (χ0v) is 18.6. The molecular weight excluding hydrogens is 402 g/mol. The molecule has 6 aromatic rings. The molecular formula is C30H22NSi. The van der Waals surface area contributed by atoms with Gasteiger partial charge in [0.2, 0.25) is 0 Å². The molecule has 2 heteroatoms. The van der Waals surface area contributed by atoms with Crippen LogP contribution in [0.5, 0.6) is 0 Å². The molecule has 0 amide bonds. The standard InChI is InChI=1S/C30H22NSi/c1-3-11-24(12-4-1)32(25-13-5-2-6-14-25)26-21-19-23(20-22-26)31-29-17-9-7-15-27(29)28-16-8-10-18-30(28)31/h1-22H. The molecule has 0 spiro atoms. The van der Waals surface area contributed by atoms with E-state index < -0.39 is 8.80 Å². The van der Waals surface area contributed by atoms with E-state index in [1.807, 2.05) is 0 Å². The van der Waals surface area contributed by atoms with E-state index in [1.165, 1.54) is 43.1 Å². The first kappa shape index (κ1) is 18.9. The molecule has 0 aliphatic carbocycles. The number of fused-ring (bicyclic) bond motifs is 3. The fourth-order valence-electron chi connectivity index (χ4n) is 4.69. The number of hydrogen-bond donors (Lipinski definition) is 0. The van der Waals surface area contributed by atoms with Crippen molar-refractivity contribution in [2.75, 3.05) is 0 Å². The number of hydrogen-bond acceptors (Lipinski definition) is 0. The van der Waals surface area contributed by atoms with Crippen LogP contribution in [0.2, 0.25) is 0 Å². The van der Waals surface area contributed by atoms with Crippen LogP contribution < -0.4 is 15.6 Å². The molecule has 5 aromatic carbocycles. The molecule has 0 unspecified atom stereocenters. The van der Waals surface area contributed by atoms with Gasteiger partial charge in [0.25, 0.3) is 0 Å². The van der Waals surface area contributed by atoms with Crippen molar-refractivity contribution in [3.8, 4) is 5.69 Å². The van der Waals surface area contributed by atoms with Crippen molar-refractivity contribution in [1.29, 1.82) is 0 Å². The van der Waals surface area contributed by atoms with E-state index in [2.05, 4.69) is 138 Å². The van der Waals surface area contributed by atoms with Crippen LogP contribution in [0.15, 0.2) is 133 Å². The monoisotopic (exact) mass is 424 g/mol. The molecule has 0 saturated carbocycles. The minimum atomic E-state index is -1.06. The minimum absolute atomic E-state index is 1.06. The average Bonchev–Trinajstić information content (AvgIpc) is 3.21. The van der Waals surface area contributed by atoms with Crippen molar-refractivity contribution in [2.45, 2.75) is 0 Å². The summed E-state index contributed by atoms with van der Waals surface area (Å²) in [5.74, 6) is 0. The molecule has 1 nitrogen and oxygen atoms in total. The van der Waals surface area contributed by atoms with Crippen LogP contribution >= 0.6 is 0 Å². The van der Waals surface area contributed by atoms with E-state index in [0.717, 1.165) is 0 Å². The second-order valence-corrected chi connectivity index (χ2v) is 10.5. The number of rotatable bonds is 4. The third-order valence-corrected chi connectivity index (χ3v) is 8.85. The second kappa shape index (κ2) is 7.99. The highest BCUT2D eigenvalue weighted by Crippen LogP contribution is 2.31. The Morgan fingerprint density at radius 2 is 0.781 bits per heavy atom. The van der Waals surface area contributed by atoms with Gasteiger partial charge in [0.05, 0.1) is 11.0 Å². The molecule has 0 fully saturated rings. The smallest absolute Gasteiger partial charge is 0.154 e. The molecule has 1 radical (unpaired) electrons. The van der Waals surface area contributed by atoms with Gasteiger partial charge in [-0.05, 0) is 24.3 Å². The van der Waals surface area contributed by atoms with Crippen LogP contribution in [-0.4, -0.2) is 13.4 Å². The predicted molar refractivity (Wildman–Crippen MR) is 138 cm³/mol. The molecule has 0 N–H and O–H groups in total. The molecule has 0 aliphatic rings. The summed E-state index contributed by atoms with van der Waals surface area (Å²) in [6.45, 7) is 0. The van der Waals surface area contributed by atoms with Crippen molar-refractivity contribution in [3.05, 3.63) is 133 Å². The zero-order chi connectivity index (χ0) is 21.3. The number of para-hydroxylation sites is 2. The highest BCUT2D eigenvalue weighted by atomic mass is 28.3. The van der Waals surface area contributed by atoms with Crippen LogP contribution in [-0.2, 0) is 0 Å². The predicted octanol–water partition coefficient (Wildman–Crippen LogP) is 5.30. The summed E-state index contributed by atoms with van der Waals surface area (Å²) >= 11 is 0. The van der Waals surface area contributed by atoms with Crippen molar-refractivity contribution < 1.29 is 0 Å². The van der Waals surface area contributed by atoms with Gasteiger partial charge in [-0.1, -0.05) is 125 Å². The first-order valence-corrected chi connectivity index (χ1v) is 12.5. The highest BCUT2D eigenvalue weighted by Gasteiger charge is 2.19. The third kappa shape index (κ3) is 3.17. The van der Waals surface area contributed by atoms with Gasteiger partial charge in [0, 0.05) is 16.5 Å². The molecule has 6 rings (SSSR count). The Morgan fingerprint density at radius 3 is 1.28 bits per heavy atom. The largest absolute Gasteiger partial charge is 0.309 e. The Balaban J connectivity index is 1.50. The first-order chi connectivity index (χ1) is 15.9. The summed E-state index contributed by atoms with van der Waals surface area (Å²) in [6.07, 6.45) is 0. The van der Waals surface area contributed by atoms with Crippen LogP contribution in [0.4, 0.5) is 0 Å². The minimum Gasteiger partial charge on any atom is -0.309 e. The van der Waals surface area contributed by atoms with Crippen LogP contribution in [0.1, 0.15) is 0 Å². The van der Waals surface area contributed by atoms with Crippen molar-refractivity contribution in [3.63, 3.8) is 0 Å². The quantitative estimate of drug-likeness (QED) is 0.267. The van der Waals surface area contributed by atoms with E-state index in [-0.39, 0.29) is 0 Å². The summed E-state index contributed by atoms with van der Waals surface area (Å²) in [5.41, 5.74) is 3.70. The van der Waals surface area contributed by atoms with Gasteiger partial charge in [0.15, 0.2) is 8.80 Å². The van der Waals surface area contributed by atoms with Gasteiger partial charge < -0.3 is 4.57 Å². The molecule has 1 aromatic heterocycles. The van der Waals surface area contributed by atoms with Gasteiger partial charge in [-0.15, -0.1) is 0 Å². The lowest BCUT2D eigenvalue weighted by Gasteiger charge is -2.17. The fourth-order valence-corrected chi connectivity index (χ4v) is 7.24. The maximum atomic E-state index is 2.38. The molecule has 151 valence electrons. The first-order valence-electron chi connectivity index (χ1n) is 11.0. The van der Waals surface area contributed by atoms with Gasteiger partial charge >= 0.3 is 0 Å². The Bertz CT molecular complexity index is 1410. The third-order valence-electron chi connectivity index (χ3n) is 6.12. The average molecular weight is 425 g/mol. The Morgan fingerprint density at radius 1 is 0.375 bits per heavy atom. The van der Waals surface area contributed by atoms with E-state index in [1.54, 1.807) is 0 Å². The lowest BCUT2D eigenvalue weighted by molar-refractivity contribution is 1.18. The van der Waals surface area contributed by atoms with E-state index in [4.69, 9.17) is 0 Å². The van der Waals surface area contributed by atoms with Crippen LogP contribution in [0.3, 0.4) is 0 Å². The van der Waals surface area contributed by atoms with Crippen molar-refractivity contribution in [2.24, 2.45) is 0 Å². The van der Waals surface area contributed by atoms with E-state index >= 15 is 0 Å². The Labute approximate surface area is 189 Å². The number of benzene rings is 5. The lowest BCUT2D eigenvalue weighted by Crippen LogP contribution is -2.51. The summed E-state index contributed by atoms with van der Waals surface area (Å²) < 4.78 is 2.38. The molecule has 0 saturated heterocycles. The lowest BCUT2D eigenvalue weighted by atomic mass is 10.2. The normalized spacial score (nSPS) is 11.4. The second-order valence-electron chi connectivity index (χ2n) is 8.02. The molecule has 1 heterocycles. The topological polar surface area (TPSA) is 4.93 Å². The summed E-state index contributed by atoms with van der Waals surface area (Å²) in [7, 11) is -1.06. The SMILES string of the molecule is c1ccc([Si](c2ccccc2)c2ccc(-n3c4ccccc4c4ccccc43)cc2)cc1. The van der Waals surface area contributed by atoms with E-state index in [0.29, 0.717) is 0 Å². The van der Waals surface area contributed by atoms with Crippen molar-refractivity contribution >= 4 is 46.2 Å². The molecule has 0 aliphatic heterocycles.